The molecule has 0 saturated carbocycles. The average Bonchev–Trinajstić information content (AvgIpc) is 2.83. The lowest BCUT2D eigenvalue weighted by Gasteiger charge is -2.25. The third-order valence-corrected chi connectivity index (χ3v) is 4.03. The zero-order valence-corrected chi connectivity index (χ0v) is 12.3. The van der Waals surface area contributed by atoms with Gasteiger partial charge in [-0.2, -0.15) is 0 Å². The second-order valence-corrected chi connectivity index (χ2v) is 5.40. The van der Waals surface area contributed by atoms with E-state index in [-0.39, 0.29) is 11.8 Å². The summed E-state index contributed by atoms with van der Waals surface area (Å²) in [5, 5.41) is 10.2. The molecule has 1 aromatic carbocycles. The van der Waals surface area contributed by atoms with Crippen LogP contribution in [0.2, 0.25) is 0 Å². The molecule has 0 radical (unpaired) electrons. The summed E-state index contributed by atoms with van der Waals surface area (Å²) in [6, 6.07) is 8.09. The zero-order chi connectivity index (χ0) is 14.8. The largest absolute Gasteiger partial charge is 0.361 e. The van der Waals surface area contributed by atoms with E-state index in [4.69, 9.17) is 4.52 Å². The maximum atomic E-state index is 12.5. The molecule has 3 rings (SSSR count). The molecule has 110 valence electrons. The first-order valence-corrected chi connectivity index (χ1v) is 7.15. The van der Waals surface area contributed by atoms with Crippen LogP contribution in [-0.2, 0) is 17.9 Å². The summed E-state index contributed by atoms with van der Waals surface area (Å²) >= 11 is 0. The van der Waals surface area contributed by atoms with Gasteiger partial charge in [-0.05, 0) is 25.0 Å². The zero-order valence-electron chi connectivity index (χ0n) is 12.3. The van der Waals surface area contributed by atoms with E-state index in [9.17, 15) is 4.79 Å². The number of aromatic nitrogens is 1. The van der Waals surface area contributed by atoms with Gasteiger partial charge < -0.3 is 15.2 Å². The van der Waals surface area contributed by atoms with Crippen molar-refractivity contribution >= 4 is 5.91 Å². The molecule has 0 fully saturated rings. The number of carbonyl (C=O) groups excluding carboxylic acids is 1. The molecule has 1 atom stereocenters. The minimum Gasteiger partial charge on any atom is -0.361 e. The molecule has 5 nitrogen and oxygen atoms in total. The Balaban J connectivity index is 1.72. The standard InChI is InChI=1S/C16H19N3O2/c1-10-14(11(2)21-19-10)9-18-16(20)15-8-17-7-12-5-3-4-6-13(12)15/h3-6,15,17H,7-9H2,1-2H3,(H,18,20). The summed E-state index contributed by atoms with van der Waals surface area (Å²) in [5.74, 6) is 0.653. The van der Waals surface area contributed by atoms with Gasteiger partial charge in [-0.1, -0.05) is 29.4 Å². The third kappa shape index (κ3) is 2.69. The van der Waals surface area contributed by atoms with E-state index in [0.717, 1.165) is 29.1 Å². The van der Waals surface area contributed by atoms with Crippen molar-refractivity contribution in [2.24, 2.45) is 0 Å². The minimum atomic E-state index is -0.143. The highest BCUT2D eigenvalue weighted by Crippen LogP contribution is 2.24. The molecule has 1 amide bonds. The fourth-order valence-electron chi connectivity index (χ4n) is 2.78. The van der Waals surface area contributed by atoms with Crippen LogP contribution < -0.4 is 10.6 Å². The molecule has 0 saturated heterocycles. The molecule has 21 heavy (non-hydrogen) atoms. The van der Waals surface area contributed by atoms with Crippen molar-refractivity contribution < 1.29 is 9.32 Å². The molecule has 0 bridgehead atoms. The van der Waals surface area contributed by atoms with Crippen LogP contribution in [0.1, 0.15) is 34.1 Å². The van der Waals surface area contributed by atoms with E-state index in [1.54, 1.807) is 0 Å². The second-order valence-electron chi connectivity index (χ2n) is 5.40. The normalized spacial score (nSPS) is 17.3. The highest BCUT2D eigenvalue weighted by atomic mass is 16.5. The number of hydrogen-bond donors (Lipinski definition) is 2. The SMILES string of the molecule is Cc1noc(C)c1CNC(=O)C1CNCc2ccccc21. The molecule has 5 heteroatoms. The number of carbonyl (C=O) groups is 1. The molecule has 0 aliphatic carbocycles. The van der Waals surface area contributed by atoms with Crippen LogP contribution in [0, 0.1) is 13.8 Å². The lowest BCUT2D eigenvalue weighted by molar-refractivity contribution is -0.122. The number of nitrogens with zero attached hydrogens (tertiary/aromatic N) is 1. The average molecular weight is 285 g/mol. The first-order chi connectivity index (χ1) is 10.2. The Morgan fingerprint density at radius 1 is 1.43 bits per heavy atom. The fourth-order valence-corrected chi connectivity index (χ4v) is 2.78. The molecule has 1 aliphatic rings. The van der Waals surface area contributed by atoms with Crippen molar-refractivity contribution in [1.29, 1.82) is 0 Å². The van der Waals surface area contributed by atoms with E-state index in [0.29, 0.717) is 13.1 Å². The van der Waals surface area contributed by atoms with Gasteiger partial charge in [0.05, 0.1) is 11.6 Å². The first kappa shape index (κ1) is 13.8. The summed E-state index contributed by atoms with van der Waals surface area (Å²) < 4.78 is 5.12. The van der Waals surface area contributed by atoms with Crippen LogP contribution >= 0.6 is 0 Å². The van der Waals surface area contributed by atoms with Crippen LogP contribution in [0.4, 0.5) is 0 Å². The molecular weight excluding hydrogens is 266 g/mol. The maximum Gasteiger partial charge on any atom is 0.229 e. The molecule has 2 aromatic rings. The Labute approximate surface area is 123 Å². The van der Waals surface area contributed by atoms with Gasteiger partial charge in [0.2, 0.25) is 5.91 Å². The summed E-state index contributed by atoms with van der Waals surface area (Å²) in [6.45, 7) is 5.70. The van der Waals surface area contributed by atoms with E-state index in [2.05, 4.69) is 21.9 Å². The van der Waals surface area contributed by atoms with E-state index < -0.39 is 0 Å². The number of amides is 1. The van der Waals surface area contributed by atoms with Crippen molar-refractivity contribution in [1.82, 2.24) is 15.8 Å². The van der Waals surface area contributed by atoms with Crippen LogP contribution in [0.15, 0.2) is 28.8 Å². The summed E-state index contributed by atoms with van der Waals surface area (Å²) in [7, 11) is 0. The molecule has 0 spiro atoms. The molecular formula is C16H19N3O2. The van der Waals surface area contributed by atoms with Gasteiger partial charge in [-0.3, -0.25) is 4.79 Å². The lowest BCUT2D eigenvalue weighted by atomic mass is 9.90. The monoisotopic (exact) mass is 285 g/mol. The number of hydrogen-bond acceptors (Lipinski definition) is 4. The van der Waals surface area contributed by atoms with Gasteiger partial charge >= 0.3 is 0 Å². The van der Waals surface area contributed by atoms with Crippen molar-refractivity contribution in [3.8, 4) is 0 Å². The van der Waals surface area contributed by atoms with Crippen molar-refractivity contribution in [2.45, 2.75) is 32.9 Å². The summed E-state index contributed by atoms with van der Waals surface area (Å²) in [5.41, 5.74) is 4.10. The predicted molar refractivity (Wildman–Crippen MR) is 78.7 cm³/mol. The van der Waals surface area contributed by atoms with E-state index >= 15 is 0 Å². The number of fused-ring (bicyclic) bond motifs is 1. The molecule has 1 aliphatic heterocycles. The Morgan fingerprint density at radius 3 is 3.00 bits per heavy atom. The van der Waals surface area contributed by atoms with Gasteiger partial charge in [0.1, 0.15) is 5.76 Å². The summed E-state index contributed by atoms with van der Waals surface area (Å²) in [6.07, 6.45) is 0. The number of aryl methyl sites for hydroxylation is 2. The van der Waals surface area contributed by atoms with Crippen molar-refractivity contribution in [3.05, 3.63) is 52.4 Å². The third-order valence-electron chi connectivity index (χ3n) is 4.03. The fraction of sp³-hybridized carbons (Fsp3) is 0.375. The Morgan fingerprint density at radius 2 is 2.24 bits per heavy atom. The van der Waals surface area contributed by atoms with Gasteiger partial charge in [0.15, 0.2) is 0 Å². The topological polar surface area (TPSA) is 67.2 Å². The smallest absolute Gasteiger partial charge is 0.229 e. The Hall–Kier alpha value is -2.14. The van der Waals surface area contributed by atoms with Gasteiger partial charge in [-0.25, -0.2) is 0 Å². The van der Waals surface area contributed by atoms with E-state index in [1.165, 1.54) is 5.56 Å². The second kappa shape index (κ2) is 5.69. The van der Waals surface area contributed by atoms with Crippen LogP contribution in [0.5, 0.6) is 0 Å². The van der Waals surface area contributed by atoms with Gasteiger partial charge in [0, 0.05) is 25.2 Å². The Bertz CT molecular complexity index is 644. The summed E-state index contributed by atoms with van der Waals surface area (Å²) in [4.78, 5) is 12.5. The number of benzene rings is 1. The van der Waals surface area contributed by atoms with Crippen LogP contribution in [0.25, 0.3) is 0 Å². The highest BCUT2D eigenvalue weighted by Gasteiger charge is 2.26. The molecule has 1 aromatic heterocycles. The predicted octanol–water partition coefficient (Wildman–Crippen LogP) is 1.79. The number of rotatable bonds is 3. The first-order valence-electron chi connectivity index (χ1n) is 7.15. The minimum absolute atomic E-state index is 0.0367. The maximum absolute atomic E-state index is 12.5. The highest BCUT2D eigenvalue weighted by molar-refractivity contribution is 5.84. The molecule has 2 N–H and O–H groups in total. The lowest BCUT2D eigenvalue weighted by Crippen LogP contribution is -2.38. The van der Waals surface area contributed by atoms with Gasteiger partial charge in [-0.15, -0.1) is 0 Å². The van der Waals surface area contributed by atoms with E-state index in [1.807, 2.05) is 32.0 Å². The van der Waals surface area contributed by atoms with Crippen LogP contribution in [-0.4, -0.2) is 17.6 Å². The Kier molecular flexibility index (Phi) is 3.75. The molecule has 2 heterocycles. The quantitative estimate of drug-likeness (QED) is 0.902. The van der Waals surface area contributed by atoms with Crippen LogP contribution in [0.3, 0.4) is 0 Å². The van der Waals surface area contributed by atoms with Crippen molar-refractivity contribution in [3.63, 3.8) is 0 Å². The molecule has 1 unspecified atom stereocenters. The van der Waals surface area contributed by atoms with Crippen molar-refractivity contribution in [2.75, 3.05) is 6.54 Å². The number of nitrogens with one attached hydrogen (secondary N) is 2. The van der Waals surface area contributed by atoms with Gasteiger partial charge in [0.25, 0.3) is 0 Å².